The molecule has 1 saturated heterocycles. The monoisotopic (exact) mass is 282 g/mol. The Hall–Kier alpha value is -1.20. The van der Waals surface area contributed by atoms with E-state index in [2.05, 4.69) is 10.2 Å². The lowest BCUT2D eigenvalue weighted by Gasteiger charge is -2.36. The number of ether oxygens (including phenoxy) is 1. The fourth-order valence-electron chi connectivity index (χ4n) is 3.05. The Morgan fingerprint density at radius 1 is 1.15 bits per heavy atom. The van der Waals surface area contributed by atoms with Crippen molar-refractivity contribution in [2.24, 2.45) is 5.92 Å². The maximum Gasteiger partial charge on any atom is 0.387 e. The zero-order valence-corrected chi connectivity index (χ0v) is 11.4. The van der Waals surface area contributed by atoms with Gasteiger partial charge in [0, 0.05) is 37.8 Å². The molecule has 0 aromatic heterocycles. The maximum absolute atomic E-state index is 12.6. The SMILES string of the molecule is FC(F)Oc1ccccc1[C@@H](C1CC1)N1CCNCC1. The van der Waals surface area contributed by atoms with Crippen LogP contribution in [0.2, 0.25) is 0 Å². The quantitative estimate of drug-likeness (QED) is 0.898. The highest BCUT2D eigenvalue weighted by Gasteiger charge is 2.38. The highest BCUT2D eigenvalue weighted by molar-refractivity contribution is 5.37. The molecule has 1 aromatic carbocycles. The van der Waals surface area contributed by atoms with Gasteiger partial charge in [-0.2, -0.15) is 8.78 Å². The molecule has 1 saturated carbocycles. The van der Waals surface area contributed by atoms with Gasteiger partial charge in [0.2, 0.25) is 0 Å². The molecule has 2 aliphatic rings. The highest BCUT2D eigenvalue weighted by atomic mass is 19.3. The lowest BCUT2D eigenvalue weighted by Crippen LogP contribution is -2.45. The molecule has 1 heterocycles. The van der Waals surface area contributed by atoms with Crippen molar-refractivity contribution in [3.63, 3.8) is 0 Å². The molecular formula is C15H20F2N2O. The van der Waals surface area contributed by atoms with Crippen LogP contribution in [0.15, 0.2) is 24.3 Å². The summed E-state index contributed by atoms with van der Waals surface area (Å²) in [5, 5.41) is 3.33. The minimum Gasteiger partial charge on any atom is -0.434 e. The number of benzene rings is 1. The second kappa shape index (κ2) is 6.06. The van der Waals surface area contributed by atoms with Crippen LogP contribution in [0.25, 0.3) is 0 Å². The van der Waals surface area contributed by atoms with Crippen molar-refractivity contribution < 1.29 is 13.5 Å². The maximum atomic E-state index is 12.6. The van der Waals surface area contributed by atoms with E-state index in [-0.39, 0.29) is 6.04 Å². The first-order valence-electron chi connectivity index (χ1n) is 7.24. The van der Waals surface area contributed by atoms with Gasteiger partial charge in [0.1, 0.15) is 5.75 Å². The van der Waals surface area contributed by atoms with Crippen LogP contribution in [0.3, 0.4) is 0 Å². The zero-order valence-electron chi connectivity index (χ0n) is 11.4. The fraction of sp³-hybridized carbons (Fsp3) is 0.600. The normalized spacial score (nSPS) is 21.9. The number of halogens is 2. The van der Waals surface area contributed by atoms with Crippen LogP contribution < -0.4 is 10.1 Å². The average molecular weight is 282 g/mol. The third-order valence-corrected chi connectivity index (χ3v) is 4.07. The number of nitrogens with one attached hydrogen (secondary N) is 1. The van der Waals surface area contributed by atoms with Crippen molar-refractivity contribution >= 4 is 0 Å². The van der Waals surface area contributed by atoms with Gasteiger partial charge in [0.15, 0.2) is 0 Å². The van der Waals surface area contributed by atoms with Crippen LogP contribution >= 0.6 is 0 Å². The molecule has 110 valence electrons. The van der Waals surface area contributed by atoms with Crippen LogP contribution in [0.5, 0.6) is 5.75 Å². The Balaban J connectivity index is 1.86. The lowest BCUT2D eigenvalue weighted by molar-refractivity contribution is -0.0514. The van der Waals surface area contributed by atoms with Gasteiger partial charge < -0.3 is 10.1 Å². The van der Waals surface area contributed by atoms with Gasteiger partial charge in [0.25, 0.3) is 0 Å². The Kier molecular flexibility index (Phi) is 4.17. The molecule has 1 atom stereocenters. The van der Waals surface area contributed by atoms with Crippen molar-refractivity contribution in [1.29, 1.82) is 0 Å². The smallest absolute Gasteiger partial charge is 0.387 e. The summed E-state index contributed by atoms with van der Waals surface area (Å²) in [6.45, 7) is 1.08. The van der Waals surface area contributed by atoms with E-state index in [9.17, 15) is 8.78 Å². The van der Waals surface area contributed by atoms with Gasteiger partial charge in [-0.05, 0) is 24.8 Å². The van der Waals surface area contributed by atoms with Crippen LogP contribution in [0.4, 0.5) is 8.78 Å². The summed E-state index contributed by atoms with van der Waals surface area (Å²) in [4.78, 5) is 2.40. The summed E-state index contributed by atoms with van der Waals surface area (Å²) in [6, 6.07) is 7.46. The Morgan fingerprint density at radius 2 is 1.85 bits per heavy atom. The lowest BCUT2D eigenvalue weighted by atomic mass is 9.99. The zero-order chi connectivity index (χ0) is 13.9. The van der Waals surface area contributed by atoms with Gasteiger partial charge in [-0.15, -0.1) is 0 Å². The molecule has 1 N–H and O–H groups in total. The molecule has 3 nitrogen and oxygen atoms in total. The van der Waals surface area contributed by atoms with Crippen molar-refractivity contribution in [3.05, 3.63) is 29.8 Å². The highest BCUT2D eigenvalue weighted by Crippen LogP contribution is 2.47. The number of para-hydroxylation sites is 1. The molecule has 0 amide bonds. The summed E-state index contributed by atoms with van der Waals surface area (Å²) in [6.07, 6.45) is 2.36. The molecule has 0 radical (unpaired) electrons. The van der Waals surface area contributed by atoms with Gasteiger partial charge in [0.05, 0.1) is 0 Å². The standard InChI is InChI=1S/C15H20F2N2O/c16-15(17)20-13-4-2-1-3-12(13)14(11-5-6-11)19-9-7-18-8-10-19/h1-4,11,14-15,18H,5-10H2/t14-/m1/s1. The van der Waals surface area contributed by atoms with E-state index in [4.69, 9.17) is 4.74 Å². The van der Waals surface area contributed by atoms with E-state index >= 15 is 0 Å². The number of alkyl halides is 2. The Bertz CT molecular complexity index is 445. The molecule has 20 heavy (non-hydrogen) atoms. The van der Waals surface area contributed by atoms with Crippen molar-refractivity contribution in [2.45, 2.75) is 25.5 Å². The second-order valence-electron chi connectivity index (χ2n) is 5.48. The second-order valence-corrected chi connectivity index (χ2v) is 5.48. The molecule has 5 heteroatoms. The van der Waals surface area contributed by atoms with Crippen molar-refractivity contribution in [1.82, 2.24) is 10.2 Å². The third-order valence-electron chi connectivity index (χ3n) is 4.07. The third kappa shape index (κ3) is 3.10. The first-order valence-corrected chi connectivity index (χ1v) is 7.24. The van der Waals surface area contributed by atoms with Gasteiger partial charge in [-0.3, -0.25) is 4.90 Å². The van der Waals surface area contributed by atoms with E-state index in [0.29, 0.717) is 11.7 Å². The van der Waals surface area contributed by atoms with Crippen LogP contribution in [0, 0.1) is 5.92 Å². The topological polar surface area (TPSA) is 24.5 Å². The van der Waals surface area contributed by atoms with Gasteiger partial charge in [-0.25, -0.2) is 0 Å². The average Bonchev–Trinajstić information content (AvgIpc) is 3.26. The van der Waals surface area contributed by atoms with Gasteiger partial charge >= 0.3 is 6.61 Å². The van der Waals surface area contributed by atoms with E-state index < -0.39 is 6.61 Å². The molecular weight excluding hydrogens is 262 g/mol. The molecule has 0 spiro atoms. The van der Waals surface area contributed by atoms with E-state index in [1.165, 1.54) is 12.8 Å². The molecule has 1 aliphatic heterocycles. The summed E-state index contributed by atoms with van der Waals surface area (Å²) >= 11 is 0. The van der Waals surface area contributed by atoms with E-state index in [0.717, 1.165) is 31.7 Å². The summed E-state index contributed by atoms with van der Waals surface area (Å²) in [7, 11) is 0. The fourth-order valence-corrected chi connectivity index (χ4v) is 3.05. The minimum atomic E-state index is -2.76. The Morgan fingerprint density at radius 3 is 2.50 bits per heavy atom. The molecule has 2 fully saturated rings. The largest absolute Gasteiger partial charge is 0.434 e. The summed E-state index contributed by atoms with van der Waals surface area (Å²) < 4.78 is 29.9. The molecule has 0 unspecified atom stereocenters. The molecule has 0 bridgehead atoms. The van der Waals surface area contributed by atoms with Crippen LogP contribution in [-0.4, -0.2) is 37.7 Å². The van der Waals surface area contributed by atoms with Gasteiger partial charge in [-0.1, -0.05) is 18.2 Å². The predicted molar refractivity (Wildman–Crippen MR) is 73.0 cm³/mol. The number of piperazine rings is 1. The van der Waals surface area contributed by atoms with E-state index in [1.54, 1.807) is 12.1 Å². The van der Waals surface area contributed by atoms with Crippen molar-refractivity contribution in [2.75, 3.05) is 26.2 Å². The first kappa shape index (κ1) is 13.8. The number of hydrogen-bond donors (Lipinski definition) is 1. The molecule has 1 aliphatic carbocycles. The number of rotatable bonds is 5. The molecule has 3 rings (SSSR count). The van der Waals surface area contributed by atoms with Crippen molar-refractivity contribution in [3.8, 4) is 5.75 Å². The number of hydrogen-bond acceptors (Lipinski definition) is 3. The van der Waals surface area contributed by atoms with Crippen LogP contribution in [-0.2, 0) is 0 Å². The predicted octanol–water partition coefficient (Wildman–Crippen LogP) is 2.64. The Labute approximate surface area is 117 Å². The summed E-state index contributed by atoms with van der Waals surface area (Å²) in [5.74, 6) is 0.911. The summed E-state index contributed by atoms with van der Waals surface area (Å²) in [5.41, 5.74) is 0.914. The van der Waals surface area contributed by atoms with Crippen LogP contribution in [0.1, 0.15) is 24.4 Å². The molecule has 1 aromatic rings. The first-order chi connectivity index (χ1) is 9.75. The number of nitrogens with zero attached hydrogens (tertiary/aromatic N) is 1. The van der Waals surface area contributed by atoms with E-state index in [1.807, 2.05) is 12.1 Å². The minimum absolute atomic E-state index is 0.215.